The molecule has 22 heavy (non-hydrogen) atoms. The third-order valence-corrected chi connectivity index (χ3v) is 4.37. The summed E-state index contributed by atoms with van der Waals surface area (Å²) in [6.45, 7) is 0. The van der Waals surface area contributed by atoms with Crippen LogP contribution in [0.2, 0.25) is 0 Å². The van der Waals surface area contributed by atoms with Gasteiger partial charge in [-0.3, -0.25) is 0 Å². The summed E-state index contributed by atoms with van der Waals surface area (Å²) in [7, 11) is -1.43. The molecule has 1 aliphatic carbocycles. The Hall–Kier alpha value is -2.30. The second-order valence-electron chi connectivity index (χ2n) is 5.67. The standard InChI is InChI=1S/C18H16BNO2/c21-19(22)13-10-11-18-16(12-13)15-8-4-5-9-17(15)20(18)14-6-2-1-3-7-14/h1-7,9-12,15,21-22H,8H2. The Labute approximate surface area is 130 Å². The van der Waals surface area contributed by atoms with E-state index < -0.39 is 7.12 Å². The van der Waals surface area contributed by atoms with E-state index >= 15 is 0 Å². The Balaban J connectivity index is 1.90. The topological polar surface area (TPSA) is 43.7 Å². The van der Waals surface area contributed by atoms with Crippen molar-refractivity contribution < 1.29 is 10.0 Å². The lowest BCUT2D eigenvalue weighted by Gasteiger charge is -2.24. The fourth-order valence-electron chi connectivity index (χ4n) is 3.36. The minimum absolute atomic E-state index is 0.277. The summed E-state index contributed by atoms with van der Waals surface area (Å²) in [4.78, 5) is 2.26. The maximum Gasteiger partial charge on any atom is 0.488 e. The molecular formula is C18H16BNO2. The first-order chi connectivity index (χ1) is 10.8. The summed E-state index contributed by atoms with van der Waals surface area (Å²) >= 11 is 0. The maximum atomic E-state index is 9.45. The average molecular weight is 289 g/mol. The molecule has 0 saturated heterocycles. The van der Waals surface area contributed by atoms with Crippen LogP contribution in [0.3, 0.4) is 0 Å². The Morgan fingerprint density at radius 1 is 1.05 bits per heavy atom. The molecule has 0 fully saturated rings. The van der Waals surface area contributed by atoms with Crippen molar-refractivity contribution in [2.75, 3.05) is 4.90 Å². The van der Waals surface area contributed by atoms with Crippen LogP contribution in [-0.2, 0) is 0 Å². The molecule has 1 unspecified atom stereocenters. The number of hydrogen-bond donors (Lipinski definition) is 2. The lowest BCUT2D eigenvalue weighted by molar-refractivity contribution is 0.425. The highest BCUT2D eigenvalue weighted by Crippen LogP contribution is 2.49. The molecule has 0 saturated carbocycles. The maximum absolute atomic E-state index is 9.45. The van der Waals surface area contributed by atoms with Crippen LogP contribution in [0.15, 0.2) is 72.5 Å². The van der Waals surface area contributed by atoms with Gasteiger partial charge >= 0.3 is 7.12 Å². The lowest BCUT2D eigenvalue weighted by atomic mass is 9.78. The van der Waals surface area contributed by atoms with Crippen LogP contribution in [0, 0.1) is 0 Å². The van der Waals surface area contributed by atoms with Gasteiger partial charge < -0.3 is 14.9 Å². The number of nitrogens with zero attached hydrogens (tertiary/aromatic N) is 1. The zero-order chi connectivity index (χ0) is 15.1. The van der Waals surface area contributed by atoms with Gasteiger partial charge in [0.25, 0.3) is 0 Å². The van der Waals surface area contributed by atoms with E-state index in [0.29, 0.717) is 5.46 Å². The van der Waals surface area contributed by atoms with E-state index in [0.717, 1.165) is 23.4 Å². The third-order valence-electron chi connectivity index (χ3n) is 4.37. The first-order valence-electron chi connectivity index (χ1n) is 7.47. The molecule has 1 atom stereocenters. The van der Waals surface area contributed by atoms with Gasteiger partial charge in [0.1, 0.15) is 0 Å². The van der Waals surface area contributed by atoms with Gasteiger partial charge in [0.05, 0.1) is 0 Å². The van der Waals surface area contributed by atoms with Crippen LogP contribution in [0.5, 0.6) is 0 Å². The molecule has 108 valence electrons. The van der Waals surface area contributed by atoms with Crippen LogP contribution >= 0.6 is 0 Å². The third kappa shape index (κ3) is 2.00. The molecule has 0 amide bonds. The largest absolute Gasteiger partial charge is 0.488 e. The summed E-state index contributed by atoms with van der Waals surface area (Å²) < 4.78 is 0. The van der Waals surface area contributed by atoms with Crippen LogP contribution in [0.4, 0.5) is 11.4 Å². The monoisotopic (exact) mass is 289 g/mol. The number of para-hydroxylation sites is 1. The summed E-state index contributed by atoms with van der Waals surface area (Å²) in [5, 5.41) is 18.9. The second-order valence-corrected chi connectivity index (χ2v) is 5.67. The normalized spacial score (nSPS) is 18.7. The van der Waals surface area contributed by atoms with Crippen molar-refractivity contribution in [3.05, 3.63) is 78.0 Å². The Kier molecular flexibility index (Phi) is 3.14. The SMILES string of the molecule is OB(O)c1ccc2c(c1)C1CC=CC=C1N2c1ccccc1. The van der Waals surface area contributed by atoms with Gasteiger partial charge in [-0.25, -0.2) is 0 Å². The molecular weight excluding hydrogens is 273 g/mol. The van der Waals surface area contributed by atoms with Crippen LogP contribution in [0.25, 0.3) is 0 Å². The van der Waals surface area contributed by atoms with Crippen molar-refractivity contribution in [2.24, 2.45) is 0 Å². The van der Waals surface area contributed by atoms with Crippen molar-refractivity contribution >= 4 is 24.0 Å². The molecule has 0 spiro atoms. The molecule has 2 aromatic rings. The fourth-order valence-corrected chi connectivity index (χ4v) is 3.36. The molecule has 1 aliphatic heterocycles. The van der Waals surface area contributed by atoms with Gasteiger partial charge in [0, 0.05) is 23.0 Å². The van der Waals surface area contributed by atoms with Crippen molar-refractivity contribution in [3.8, 4) is 0 Å². The first kappa shape index (κ1) is 13.4. The van der Waals surface area contributed by atoms with Crippen molar-refractivity contribution in [1.82, 2.24) is 0 Å². The Bertz CT molecular complexity index is 768. The number of fused-ring (bicyclic) bond motifs is 3. The van der Waals surface area contributed by atoms with Crippen LogP contribution in [-0.4, -0.2) is 17.2 Å². The summed E-state index contributed by atoms with van der Waals surface area (Å²) in [6, 6.07) is 16.0. The summed E-state index contributed by atoms with van der Waals surface area (Å²) in [5.41, 5.74) is 5.20. The predicted molar refractivity (Wildman–Crippen MR) is 89.4 cm³/mol. The van der Waals surface area contributed by atoms with Gasteiger partial charge in [0.2, 0.25) is 0 Å². The predicted octanol–water partition coefficient (Wildman–Crippen LogP) is 2.45. The van der Waals surface area contributed by atoms with Gasteiger partial charge in [-0.15, -0.1) is 0 Å². The number of allylic oxidation sites excluding steroid dienone is 4. The first-order valence-corrected chi connectivity index (χ1v) is 7.47. The number of rotatable bonds is 2. The van der Waals surface area contributed by atoms with Crippen molar-refractivity contribution in [2.45, 2.75) is 12.3 Å². The Morgan fingerprint density at radius 2 is 1.86 bits per heavy atom. The highest BCUT2D eigenvalue weighted by Gasteiger charge is 2.35. The number of benzene rings is 2. The zero-order valence-corrected chi connectivity index (χ0v) is 12.1. The fraction of sp³-hybridized carbons (Fsp3) is 0.111. The molecule has 0 bridgehead atoms. The molecule has 2 aromatic carbocycles. The second kappa shape index (κ2) is 5.16. The van der Waals surface area contributed by atoms with Crippen molar-refractivity contribution in [3.63, 3.8) is 0 Å². The summed E-state index contributed by atoms with van der Waals surface area (Å²) in [5.74, 6) is 0.277. The lowest BCUT2D eigenvalue weighted by Crippen LogP contribution is -2.30. The van der Waals surface area contributed by atoms with E-state index in [1.165, 1.54) is 5.70 Å². The van der Waals surface area contributed by atoms with E-state index in [1.54, 1.807) is 6.07 Å². The molecule has 0 aromatic heterocycles. The highest BCUT2D eigenvalue weighted by atomic mass is 16.4. The molecule has 2 N–H and O–H groups in total. The number of hydrogen-bond acceptors (Lipinski definition) is 3. The van der Waals surface area contributed by atoms with E-state index in [2.05, 4.69) is 35.3 Å². The van der Waals surface area contributed by atoms with Crippen LogP contribution in [0.1, 0.15) is 17.9 Å². The van der Waals surface area contributed by atoms with E-state index in [-0.39, 0.29) is 5.92 Å². The van der Waals surface area contributed by atoms with E-state index in [1.807, 2.05) is 30.3 Å². The van der Waals surface area contributed by atoms with Crippen LogP contribution < -0.4 is 10.4 Å². The zero-order valence-electron chi connectivity index (χ0n) is 12.1. The molecule has 0 radical (unpaired) electrons. The molecule has 2 aliphatic rings. The van der Waals surface area contributed by atoms with Gasteiger partial charge in [-0.2, -0.15) is 0 Å². The van der Waals surface area contributed by atoms with E-state index in [4.69, 9.17) is 0 Å². The minimum Gasteiger partial charge on any atom is -0.423 e. The van der Waals surface area contributed by atoms with Gasteiger partial charge in [-0.1, -0.05) is 42.5 Å². The van der Waals surface area contributed by atoms with Gasteiger partial charge in [-0.05, 0) is 41.7 Å². The molecule has 3 nitrogen and oxygen atoms in total. The minimum atomic E-state index is -1.43. The molecule has 1 heterocycles. The molecule has 4 heteroatoms. The smallest absolute Gasteiger partial charge is 0.423 e. The summed E-state index contributed by atoms with van der Waals surface area (Å²) in [6.07, 6.45) is 7.34. The average Bonchev–Trinajstić information content (AvgIpc) is 2.89. The van der Waals surface area contributed by atoms with Gasteiger partial charge in [0.15, 0.2) is 0 Å². The highest BCUT2D eigenvalue weighted by molar-refractivity contribution is 6.58. The number of anilines is 2. The quantitative estimate of drug-likeness (QED) is 0.835. The Morgan fingerprint density at radius 3 is 2.64 bits per heavy atom. The van der Waals surface area contributed by atoms with Crippen molar-refractivity contribution in [1.29, 1.82) is 0 Å². The molecule has 4 rings (SSSR count). The van der Waals surface area contributed by atoms with E-state index in [9.17, 15) is 10.0 Å².